The fourth-order valence-corrected chi connectivity index (χ4v) is 2.92. The number of hydrogen-bond donors (Lipinski definition) is 2. The molecule has 2 aromatic carbocycles. The lowest BCUT2D eigenvalue weighted by atomic mass is 10.1. The number of urea groups is 1. The molecule has 4 aromatic rings. The number of para-hydroxylation sites is 1. The van der Waals surface area contributed by atoms with Crippen molar-refractivity contribution in [3.05, 3.63) is 90.0 Å². The van der Waals surface area contributed by atoms with Crippen molar-refractivity contribution in [2.75, 3.05) is 11.9 Å². The van der Waals surface area contributed by atoms with E-state index in [0.29, 0.717) is 36.1 Å². The minimum atomic E-state index is -0.254. The normalized spacial score (nSPS) is 10.6. The zero-order valence-electron chi connectivity index (χ0n) is 15.7. The van der Waals surface area contributed by atoms with E-state index in [1.807, 2.05) is 54.6 Å². The van der Waals surface area contributed by atoms with Crippen LogP contribution in [0.3, 0.4) is 0 Å². The van der Waals surface area contributed by atoms with Crippen molar-refractivity contribution in [3.8, 4) is 11.6 Å². The number of amides is 2. The summed E-state index contributed by atoms with van der Waals surface area (Å²) in [5.41, 5.74) is 2.75. The van der Waals surface area contributed by atoms with E-state index in [9.17, 15) is 4.79 Å². The molecule has 2 amide bonds. The van der Waals surface area contributed by atoms with Crippen LogP contribution in [0, 0.1) is 0 Å². The van der Waals surface area contributed by atoms with E-state index in [0.717, 1.165) is 12.0 Å². The summed E-state index contributed by atoms with van der Waals surface area (Å²) < 4.78 is 10.6. The number of carbonyl (C=O) groups is 1. The van der Waals surface area contributed by atoms with Crippen LogP contribution in [0.5, 0.6) is 0 Å². The average molecular weight is 388 g/mol. The molecule has 0 radical (unpaired) electrons. The molecule has 146 valence electrons. The predicted molar refractivity (Wildman–Crippen MR) is 108 cm³/mol. The van der Waals surface area contributed by atoms with E-state index in [1.54, 1.807) is 18.4 Å². The molecule has 0 unspecified atom stereocenters. The topological polar surface area (TPSA) is 93.2 Å². The predicted octanol–water partition coefficient (Wildman–Crippen LogP) is 4.28. The van der Waals surface area contributed by atoms with Crippen LogP contribution < -0.4 is 10.6 Å². The molecule has 0 aliphatic rings. The largest absolute Gasteiger partial charge is 0.461 e. The third-order valence-corrected chi connectivity index (χ3v) is 4.36. The van der Waals surface area contributed by atoms with E-state index in [1.165, 1.54) is 5.56 Å². The van der Waals surface area contributed by atoms with Crippen molar-refractivity contribution in [1.29, 1.82) is 0 Å². The Labute approximate surface area is 167 Å². The van der Waals surface area contributed by atoms with Crippen molar-refractivity contribution in [3.63, 3.8) is 0 Å². The quantitative estimate of drug-likeness (QED) is 0.493. The van der Waals surface area contributed by atoms with Crippen LogP contribution in [-0.2, 0) is 12.8 Å². The molecule has 0 bridgehead atoms. The van der Waals surface area contributed by atoms with E-state index in [2.05, 4.69) is 20.8 Å². The number of nitrogens with one attached hydrogen (secondary N) is 2. The number of hydrogen-bond acceptors (Lipinski definition) is 5. The second-order valence-electron chi connectivity index (χ2n) is 6.44. The summed E-state index contributed by atoms with van der Waals surface area (Å²) in [5.74, 6) is 1.38. The number of carbonyl (C=O) groups excluding carboxylic acids is 1. The summed E-state index contributed by atoms with van der Waals surface area (Å²) in [6, 6.07) is 20.8. The molecular formula is C22H20N4O3. The van der Waals surface area contributed by atoms with Crippen molar-refractivity contribution in [2.45, 2.75) is 12.8 Å². The zero-order chi connectivity index (χ0) is 19.9. The van der Waals surface area contributed by atoms with Gasteiger partial charge in [-0.15, -0.1) is 0 Å². The van der Waals surface area contributed by atoms with Gasteiger partial charge in [-0.3, -0.25) is 0 Å². The molecule has 2 aromatic heterocycles. The Hall–Kier alpha value is -3.87. The van der Waals surface area contributed by atoms with Gasteiger partial charge in [-0.1, -0.05) is 53.7 Å². The fraction of sp³-hybridized carbons (Fsp3) is 0.136. The minimum Gasteiger partial charge on any atom is -0.461 e. The summed E-state index contributed by atoms with van der Waals surface area (Å²) in [4.78, 5) is 16.6. The van der Waals surface area contributed by atoms with Crippen LogP contribution >= 0.6 is 0 Å². The van der Waals surface area contributed by atoms with Crippen LogP contribution in [0.4, 0.5) is 10.5 Å². The van der Waals surface area contributed by atoms with Gasteiger partial charge >= 0.3 is 6.03 Å². The summed E-state index contributed by atoms with van der Waals surface area (Å²) >= 11 is 0. The Bertz CT molecular complexity index is 1060. The van der Waals surface area contributed by atoms with E-state index in [4.69, 9.17) is 8.94 Å². The Kier molecular flexibility index (Phi) is 5.66. The SMILES string of the molecule is O=C(NCCc1ccccc1)Nc1ccccc1Cc1nc(-c2ccco2)no1. The van der Waals surface area contributed by atoms with Crippen molar-refractivity contribution >= 4 is 11.7 Å². The number of anilines is 1. The number of rotatable bonds is 7. The second kappa shape index (κ2) is 8.88. The maximum absolute atomic E-state index is 12.3. The Morgan fingerprint density at radius 3 is 2.62 bits per heavy atom. The van der Waals surface area contributed by atoms with Gasteiger partial charge in [0.05, 0.1) is 12.7 Å². The minimum absolute atomic E-state index is 0.254. The van der Waals surface area contributed by atoms with E-state index < -0.39 is 0 Å². The fourth-order valence-electron chi connectivity index (χ4n) is 2.92. The highest BCUT2D eigenvalue weighted by Gasteiger charge is 2.13. The monoisotopic (exact) mass is 388 g/mol. The van der Waals surface area contributed by atoms with E-state index in [-0.39, 0.29) is 6.03 Å². The molecule has 0 fully saturated rings. The maximum atomic E-state index is 12.3. The van der Waals surface area contributed by atoms with Crippen LogP contribution in [0.25, 0.3) is 11.6 Å². The second-order valence-corrected chi connectivity index (χ2v) is 6.44. The first kappa shape index (κ1) is 18.5. The number of furan rings is 1. The Balaban J connectivity index is 1.36. The Morgan fingerprint density at radius 2 is 1.79 bits per heavy atom. The molecule has 0 aliphatic carbocycles. The Morgan fingerprint density at radius 1 is 0.966 bits per heavy atom. The highest BCUT2D eigenvalue weighted by Crippen LogP contribution is 2.21. The van der Waals surface area contributed by atoms with Gasteiger partial charge < -0.3 is 19.6 Å². The molecule has 0 atom stereocenters. The smallest absolute Gasteiger partial charge is 0.319 e. The van der Waals surface area contributed by atoms with Gasteiger partial charge in [0, 0.05) is 12.2 Å². The lowest BCUT2D eigenvalue weighted by Crippen LogP contribution is -2.30. The molecule has 0 aliphatic heterocycles. The van der Waals surface area contributed by atoms with Gasteiger partial charge in [-0.25, -0.2) is 4.79 Å². The van der Waals surface area contributed by atoms with Crippen molar-refractivity contribution in [2.24, 2.45) is 0 Å². The van der Waals surface area contributed by atoms with Crippen LogP contribution in [0.2, 0.25) is 0 Å². The summed E-state index contributed by atoms with van der Waals surface area (Å²) in [6.07, 6.45) is 2.72. The van der Waals surface area contributed by atoms with E-state index >= 15 is 0 Å². The first-order chi connectivity index (χ1) is 14.3. The molecule has 29 heavy (non-hydrogen) atoms. The van der Waals surface area contributed by atoms with Crippen LogP contribution in [0.15, 0.2) is 81.9 Å². The van der Waals surface area contributed by atoms with Crippen molar-refractivity contribution in [1.82, 2.24) is 15.5 Å². The highest BCUT2D eigenvalue weighted by atomic mass is 16.5. The average Bonchev–Trinajstić information content (AvgIpc) is 3.42. The van der Waals surface area contributed by atoms with Gasteiger partial charge in [0.15, 0.2) is 5.76 Å². The van der Waals surface area contributed by atoms with Gasteiger partial charge in [0.2, 0.25) is 11.7 Å². The number of aromatic nitrogens is 2. The first-order valence-corrected chi connectivity index (χ1v) is 9.31. The molecule has 0 saturated carbocycles. The van der Waals surface area contributed by atoms with Gasteiger partial charge in [-0.2, -0.15) is 4.98 Å². The summed E-state index contributed by atoms with van der Waals surface area (Å²) in [5, 5.41) is 9.71. The van der Waals surface area contributed by atoms with Gasteiger partial charge in [-0.05, 0) is 35.7 Å². The molecular weight excluding hydrogens is 368 g/mol. The summed E-state index contributed by atoms with van der Waals surface area (Å²) in [6.45, 7) is 0.550. The molecule has 7 nitrogen and oxygen atoms in total. The van der Waals surface area contributed by atoms with Crippen molar-refractivity contribution < 1.29 is 13.7 Å². The maximum Gasteiger partial charge on any atom is 0.319 e. The number of benzene rings is 2. The lowest BCUT2D eigenvalue weighted by molar-refractivity contribution is 0.252. The molecule has 4 rings (SSSR count). The van der Waals surface area contributed by atoms with Gasteiger partial charge in [0.25, 0.3) is 0 Å². The third kappa shape index (κ3) is 4.90. The molecule has 2 heterocycles. The van der Waals surface area contributed by atoms with Crippen LogP contribution in [0.1, 0.15) is 17.0 Å². The summed E-state index contributed by atoms with van der Waals surface area (Å²) in [7, 11) is 0. The lowest BCUT2D eigenvalue weighted by Gasteiger charge is -2.11. The molecule has 0 spiro atoms. The molecule has 7 heteroatoms. The standard InChI is InChI=1S/C22H20N4O3/c27-22(23-13-12-16-7-2-1-3-8-16)24-18-10-5-4-9-17(18)15-20-25-21(26-29-20)19-11-6-14-28-19/h1-11,14H,12-13,15H2,(H2,23,24,27). The molecule has 2 N–H and O–H groups in total. The zero-order valence-corrected chi connectivity index (χ0v) is 15.7. The number of nitrogens with zero attached hydrogens (tertiary/aromatic N) is 2. The van der Waals surface area contributed by atoms with Gasteiger partial charge in [0.1, 0.15) is 0 Å². The highest BCUT2D eigenvalue weighted by molar-refractivity contribution is 5.90. The molecule has 0 saturated heterocycles. The van der Waals surface area contributed by atoms with Crippen LogP contribution in [-0.4, -0.2) is 22.7 Å². The first-order valence-electron chi connectivity index (χ1n) is 9.31. The third-order valence-electron chi connectivity index (χ3n) is 4.36.